The van der Waals surface area contributed by atoms with E-state index >= 15 is 0 Å². The standard InChI is InChI=1S/C19H30O6/c1-5-22-10-11-23-12-13-24-16-8-6-15(7-9-16)14-17(20)18(21)25-19(2,3)4/h6-9,17,20H,5,10-14H2,1-4H3/t17-/m0/s1. The molecule has 1 N–H and O–H groups in total. The molecule has 0 saturated carbocycles. The topological polar surface area (TPSA) is 74.2 Å². The maximum Gasteiger partial charge on any atom is 0.335 e. The van der Waals surface area contributed by atoms with Gasteiger partial charge >= 0.3 is 5.97 Å². The maximum absolute atomic E-state index is 11.8. The minimum atomic E-state index is -1.18. The molecule has 0 spiro atoms. The molecule has 0 bridgehead atoms. The van der Waals surface area contributed by atoms with Gasteiger partial charge in [0.15, 0.2) is 6.10 Å². The second-order valence-corrected chi connectivity index (χ2v) is 6.56. The van der Waals surface area contributed by atoms with Gasteiger partial charge in [-0.2, -0.15) is 0 Å². The van der Waals surface area contributed by atoms with Crippen LogP contribution in [0.15, 0.2) is 24.3 Å². The Morgan fingerprint density at radius 2 is 1.64 bits per heavy atom. The first-order valence-electron chi connectivity index (χ1n) is 8.60. The normalized spacial score (nSPS) is 12.7. The van der Waals surface area contributed by atoms with Crippen LogP contribution in [0.4, 0.5) is 0 Å². The highest BCUT2D eigenvalue weighted by Crippen LogP contribution is 2.15. The lowest BCUT2D eigenvalue weighted by Gasteiger charge is -2.21. The summed E-state index contributed by atoms with van der Waals surface area (Å²) in [6.07, 6.45) is -0.972. The molecule has 0 unspecified atom stereocenters. The van der Waals surface area contributed by atoms with Crippen LogP contribution in [-0.2, 0) is 25.4 Å². The van der Waals surface area contributed by atoms with E-state index in [-0.39, 0.29) is 6.42 Å². The molecule has 1 aromatic rings. The Bertz CT molecular complexity index is 492. The summed E-state index contributed by atoms with van der Waals surface area (Å²) < 4.78 is 21.3. The van der Waals surface area contributed by atoms with Crippen LogP contribution in [-0.4, -0.2) is 55.8 Å². The number of rotatable bonds is 11. The second-order valence-electron chi connectivity index (χ2n) is 6.56. The Balaban J connectivity index is 2.30. The van der Waals surface area contributed by atoms with Crippen LogP contribution in [0.2, 0.25) is 0 Å². The van der Waals surface area contributed by atoms with Crippen LogP contribution in [0.5, 0.6) is 5.75 Å². The van der Waals surface area contributed by atoms with Gasteiger partial charge < -0.3 is 24.1 Å². The number of aliphatic hydroxyl groups excluding tert-OH is 1. The van der Waals surface area contributed by atoms with E-state index in [1.165, 1.54) is 0 Å². The Kier molecular flexibility index (Phi) is 9.49. The van der Waals surface area contributed by atoms with E-state index < -0.39 is 17.7 Å². The fraction of sp³-hybridized carbons (Fsp3) is 0.632. The number of ether oxygens (including phenoxy) is 4. The Labute approximate surface area is 150 Å². The largest absolute Gasteiger partial charge is 0.491 e. The minimum Gasteiger partial charge on any atom is -0.491 e. The molecule has 0 heterocycles. The van der Waals surface area contributed by atoms with E-state index in [9.17, 15) is 9.90 Å². The van der Waals surface area contributed by atoms with Crippen molar-refractivity contribution in [2.75, 3.05) is 33.0 Å². The van der Waals surface area contributed by atoms with Gasteiger partial charge in [0.05, 0.1) is 19.8 Å². The monoisotopic (exact) mass is 354 g/mol. The average molecular weight is 354 g/mol. The van der Waals surface area contributed by atoms with Crippen molar-refractivity contribution >= 4 is 5.97 Å². The van der Waals surface area contributed by atoms with E-state index in [0.29, 0.717) is 38.8 Å². The van der Waals surface area contributed by atoms with E-state index in [4.69, 9.17) is 18.9 Å². The molecule has 6 heteroatoms. The molecule has 0 aliphatic heterocycles. The number of hydrogen-bond donors (Lipinski definition) is 1. The van der Waals surface area contributed by atoms with E-state index in [1.54, 1.807) is 32.9 Å². The van der Waals surface area contributed by atoms with Gasteiger partial charge in [0.1, 0.15) is 18.0 Å². The highest BCUT2D eigenvalue weighted by Gasteiger charge is 2.23. The average Bonchev–Trinajstić information content (AvgIpc) is 2.54. The van der Waals surface area contributed by atoms with Gasteiger partial charge in [0, 0.05) is 13.0 Å². The summed E-state index contributed by atoms with van der Waals surface area (Å²) in [4.78, 5) is 11.8. The van der Waals surface area contributed by atoms with Gasteiger partial charge in [-0.05, 0) is 45.4 Å². The minimum absolute atomic E-state index is 0.204. The molecule has 0 aromatic heterocycles. The Hall–Kier alpha value is -1.63. The van der Waals surface area contributed by atoms with Crippen LogP contribution in [0.1, 0.15) is 33.3 Å². The molecular weight excluding hydrogens is 324 g/mol. The molecule has 1 rings (SSSR count). The van der Waals surface area contributed by atoms with Gasteiger partial charge in [-0.3, -0.25) is 0 Å². The third-order valence-electron chi connectivity index (χ3n) is 3.10. The van der Waals surface area contributed by atoms with Gasteiger partial charge in [-0.1, -0.05) is 12.1 Å². The van der Waals surface area contributed by atoms with Crippen molar-refractivity contribution in [3.8, 4) is 5.75 Å². The maximum atomic E-state index is 11.8. The smallest absolute Gasteiger partial charge is 0.335 e. The summed E-state index contributed by atoms with van der Waals surface area (Å²) in [5, 5.41) is 9.93. The van der Waals surface area contributed by atoms with Gasteiger partial charge in [0.25, 0.3) is 0 Å². The molecule has 0 aliphatic rings. The third-order valence-corrected chi connectivity index (χ3v) is 3.10. The van der Waals surface area contributed by atoms with Gasteiger partial charge in [0.2, 0.25) is 0 Å². The molecule has 25 heavy (non-hydrogen) atoms. The zero-order valence-electron chi connectivity index (χ0n) is 15.6. The Morgan fingerprint density at radius 1 is 1.04 bits per heavy atom. The third kappa shape index (κ3) is 10.1. The molecule has 142 valence electrons. The van der Waals surface area contributed by atoms with Crippen molar-refractivity contribution in [1.82, 2.24) is 0 Å². The zero-order valence-corrected chi connectivity index (χ0v) is 15.6. The van der Waals surface area contributed by atoms with Gasteiger partial charge in [-0.25, -0.2) is 4.79 Å². The fourth-order valence-electron chi connectivity index (χ4n) is 1.98. The first-order chi connectivity index (χ1) is 11.8. The number of aliphatic hydroxyl groups is 1. The highest BCUT2D eigenvalue weighted by molar-refractivity contribution is 5.75. The fourth-order valence-corrected chi connectivity index (χ4v) is 1.98. The van der Waals surface area contributed by atoms with Crippen LogP contribution in [0, 0.1) is 0 Å². The lowest BCUT2D eigenvalue weighted by Crippen LogP contribution is -2.32. The SMILES string of the molecule is CCOCCOCCOc1ccc(C[C@H](O)C(=O)OC(C)(C)C)cc1. The molecule has 0 aliphatic carbocycles. The molecule has 0 saturated heterocycles. The summed E-state index contributed by atoms with van der Waals surface area (Å²) >= 11 is 0. The zero-order chi connectivity index (χ0) is 18.7. The number of carbonyl (C=O) groups is 1. The second kappa shape index (κ2) is 11.1. The molecule has 0 radical (unpaired) electrons. The Morgan fingerprint density at radius 3 is 2.24 bits per heavy atom. The summed E-state index contributed by atoms with van der Waals surface area (Å²) in [6.45, 7) is 10.0. The molecule has 6 nitrogen and oxygen atoms in total. The summed E-state index contributed by atoms with van der Waals surface area (Å²) in [5.41, 5.74) is 0.221. The molecule has 1 aromatic carbocycles. The van der Waals surface area contributed by atoms with Crippen LogP contribution < -0.4 is 4.74 Å². The first-order valence-corrected chi connectivity index (χ1v) is 8.60. The van der Waals surface area contributed by atoms with Crippen molar-refractivity contribution in [2.45, 2.75) is 45.8 Å². The first kappa shape index (κ1) is 21.4. The van der Waals surface area contributed by atoms with Crippen molar-refractivity contribution < 1.29 is 28.8 Å². The number of hydrogen-bond acceptors (Lipinski definition) is 6. The highest BCUT2D eigenvalue weighted by atomic mass is 16.6. The van der Waals surface area contributed by atoms with Crippen LogP contribution in [0.25, 0.3) is 0 Å². The summed E-state index contributed by atoms with van der Waals surface area (Å²) in [7, 11) is 0. The number of esters is 1. The lowest BCUT2D eigenvalue weighted by atomic mass is 10.1. The van der Waals surface area contributed by atoms with Crippen LogP contribution in [0.3, 0.4) is 0 Å². The quantitative estimate of drug-likeness (QED) is 0.486. The van der Waals surface area contributed by atoms with Crippen molar-refractivity contribution in [2.24, 2.45) is 0 Å². The van der Waals surface area contributed by atoms with E-state index in [2.05, 4.69) is 0 Å². The van der Waals surface area contributed by atoms with Crippen molar-refractivity contribution in [1.29, 1.82) is 0 Å². The molecular formula is C19H30O6. The van der Waals surface area contributed by atoms with Crippen LogP contribution >= 0.6 is 0 Å². The predicted octanol–water partition coefficient (Wildman–Crippen LogP) is 2.36. The van der Waals surface area contributed by atoms with E-state index in [0.717, 1.165) is 5.56 Å². The van der Waals surface area contributed by atoms with Crippen molar-refractivity contribution in [3.63, 3.8) is 0 Å². The molecule has 1 atom stereocenters. The summed E-state index contributed by atoms with van der Waals surface area (Å²) in [5.74, 6) is 0.0981. The van der Waals surface area contributed by atoms with E-state index in [1.807, 2.05) is 19.1 Å². The van der Waals surface area contributed by atoms with Gasteiger partial charge in [-0.15, -0.1) is 0 Å². The number of carbonyl (C=O) groups excluding carboxylic acids is 1. The summed E-state index contributed by atoms with van der Waals surface area (Å²) in [6, 6.07) is 7.24. The number of benzene rings is 1. The predicted molar refractivity (Wildman–Crippen MR) is 94.8 cm³/mol. The molecule has 0 fully saturated rings. The molecule has 0 amide bonds. The van der Waals surface area contributed by atoms with Crippen molar-refractivity contribution in [3.05, 3.63) is 29.8 Å². The lowest BCUT2D eigenvalue weighted by molar-refractivity contribution is -0.164.